The lowest BCUT2D eigenvalue weighted by molar-refractivity contribution is 0.521. The zero-order valence-corrected chi connectivity index (χ0v) is 12.5. The van der Waals surface area contributed by atoms with E-state index in [2.05, 4.69) is 9.98 Å². The molecule has 0 saturated carbocycles. The smallest absolute Gasteiger partial charge is 0.242 e. The first-order chi connectivity index (χ1) is 9.37. The summed E-state index contributed by atoms with van der Waals surface area (Å²) in [7, 11) is -0.600. The molecule has 0 unspecified atom stereocenters. The molecule has 1 aromatic carbocycles. The molecule has 2 rings (SSSR count). The summed E-state index contributed by atoms with van der Waals surface area (Å²) >= 11 is 6.05. The summed E-state index contributed by atoms with van der Waals surface area (Å²) in [6, 6.07) is 4.62. The Morgan fingerprint density at radius 1 is 1.35 bits per heavy atom. The van der Waals surface area contributed by atoms with Crippen LogP contribution in [-0.2, 0) is 10.0 Å². The van der Waals surface area contributed by atoms with Gasteiger partial charge in [-0.1, -0.05) is 17.7 Å². The summed E-state index contributed by atoms with van der Waals surface area (Å²) in [6.45, 7) is 0. The van der Waals surface area contributed by atoms with Crippen LogP contribution in [0.5, 0.6) is 0 Å². The molecule has 2 N–H and O–H groups in total. The van der Waals surface area contributed by atoms with Crippen molar-refractivity contribution in [3.05, 3.63) is 29.4 Å². The average molecular weight is 313 g/mol. The lowest BCUT2D eigenvalue weighted by Gasteiger charge is -2.12. The molecule has 20 heavy (non-hydrogen) atoms. The van der Waals surface area contributed by atoms with Gasteiger partial charge in [0.15, 0.2) is 5.82 Å². The van der Waals surface area contributed by atoms with E-state index in [4.69, 9.17) is 17.3 Å². The van der Waals surface area contributed by atoms with Gasteiger partial charge in [0.1, 0.15) is 0 Å². The molecule has 0 fully saturated rings. The maximum absolute atomic E-state index is 12.1. The maximum Gasteiger partial charge on any atom is 0.242 e. The van der Waals surface area contributed by atoms with Gasteiger partial charge in [-0.25, -0.2) is 22.7 Å². The van der Waals surface area contributed by atoms with Gasteiger partial charge in [-0.05, 0) is 12.1 Å². The van der Waals surface area contributed by atoms with Gasteiger partial charge in [-0.15, -0.1) is 0 Å². The molecule has 0 aliphatic carbocycles. The largest absolute Gasteiger partial charge is 0.390 e. The third-order valence-corrected chi connectivity index (χ3v) is 4.88. The fraction of sp³-hybridized carbons (Fsp3) is 0.167. The van der Waals surface area contributed by atoms with Gasteiger partial charge in [0.05, 0.1) is 16.3 Å². The summed E-state index contributed by atoms with van der Waals surface area (Å²) in [5.41, 5.74) is 5.27. The number of hydrogen-bond acceptors (Lipinski definition) is 4. The molecule has 1 heterocycles. The van der Waals surface area contributed by atoms with Crippen LogP contribution in [0.25, 0.3) is 10.8 Å². The number of sulfonamides is 1. The monoisotopic (exact) mass is 312 g/mol. The Morgan fingerprint density at radius 2 is 2.05 bits per heavy atom. The van der Waals surface area contributed by atoms with Crippen LogP contribution in [-0.4, -0.2) is 38.1 Å². The Hall–Kier alpha value is -1.70. The maximum atomic E-state index is 12.1. The molecular weight excluding hydrogens is 300 g/mol. The minimum atomic E-state index is -3.53. The van der Waals surface area contributed by atoms with E-state index >= 15 is 0 Å². The van der Waals surface area contributed by atoms with Crippen molar-refractivity contribution < 1.29 is 8.42 Å². The molecule has 0 radical (unpaired) electrons. The van der Waals surface area contributed by atoms with Crippen LogP contribution in [0, 0.1) is 0 Å². The molecule has 0 amide bonds. The second-order valence-corrected chi connectivity index (χ2v) is 6.76. The van der Waals surface area contributed by atoms with E-state index in [1.54, 1.807) is 6.07 Å². The Labute approximate surface area is 121 Å². The lowest BCUT2D eigenvalue weighted by Crippen LogP contribution is -2.22. The molecule has 8 heteroatoms. The molecule has 1 aromatic heterocycles. The third kappa shape index (κ3) is 2.47. The van der Waals surface area contributed by atoms with Crippen molar-refractivity contribution in [3.8, 4) is 0 Å². The summed E-state index contributed by atoms with van der Waals surface area (Å²) in [4.78, 5) is 8.11. The van der Waals surface area contributed by atoms with Crippen LogP contribution in [0.15, 0.2) is 34.3 Å². The summed E-state index contributed by atoms with van der Waals surface area (Å²) in [6.07, 6.45) is 2.55. The number of nitrogens with two attached hydrogens (primary N) is 1. The number of pyridine rings is 1. The number of nitrogens with zero attached hydrogens (tertiary/aromatic N) is 3. The number of fused-ring (bicyclic) bond motifs is 1. The number of aliphatic imine (C=N–C) groups is 1. The molecule has 0 bridgehead atoms. The Kier molecular flexibility index (Phi) is 3.94. The molecule has 6 nitrogen and oxygen atoms in total. The average Bonchev–Trinajstić information content (AvgIpc) is 2.41. The van der Waals surface area contributed by atoms with Crippen molar-refractivity contribution in [2.24, 2.45) is 10.7 Å². The topological polar surface area (TPSA) is 88.7 Å². The zero-order valence-electron chi connectivity index (χ0n) is 10.9. The number of halogens is 1. The number of benzene rings is 1. The third-order valence-electron chi connectivity index (χ3n) is 2.76. The summed E-state index contributed by atoms with van der Waals surface area (Å²) in [5, 5.41) is 1.62. The van der Waals surface area contributed by atoms with E-state index in [1.807, 2.05) is 0 Å². The highest BCUT2D eigenvalue weighted by Gasteiger charge is 2.18. The lowest BCUT2D eigenvalue weighted by atomic mass is 10.1. The Balaban J connectivity index is 2.79. The first kappa shape index (κ1) is 14.7. The molecular formula is C12H13ClN4O2S. The van der Waals surface area contributed by atoms with Crippen LogP contribution in [0.2, 0.25) is 5.02 Å². The first-order valence-corrected chi connectivity index (χ1v) is 7.45. The molecule has 0 spiro atoms. The Bertz CT molecular complexity index is 787. The SMILES string of the molecule is CN(C)S(=O)(=O)c1ccc2c(Cl)cnc(N=CN)c2c1. The molecule has 2 aromatic rings. The molecule has 106 valence electrons. The highest BCUT2D eigenvalue weighted by Crippen LogP contribution is 2.31. The molecule has 0 saturated heterocycles. The fourth-order valence-electron chi connectivity index (χ4n) is 1.72. The number of hydrogen-bond donors (Lipinski definition) is 1. The van der Waals surface area contributed by atoms with Crippen molar-refractivity contribution in [1.82, 2.24) is 9.29 Å². The van der Waals surface area contributed by atoms with Crippen LogP contribution >= 0.6 is 11.6 Å². The van der Waals surface area contributed by atoms with Gasteiger partial charge in [0.2, 0.25) is 10.0 Å². The standard InChI is InChI=1S/C12H13ClN4O2S/c1-17(2)20(18,19)8-3-4-9-10(5-8)12(16-7-14)15-6-11(9)13/h3-7H,1-2H3,(H2,14,15,16). The minimum absolute atomic E-state index is 0.146. The first-order valence-electron chi connectivity index (χ1n) is 5.63. The van der Waals surface area contributed by atoms with E-state index in [1.165, 1.54) is 32.4 Å². The number of rotatable bonds is 3. The highest BCUT2D eigenvalue weighted by molar-refractivity contribution is 7.89. The van der Waals surface area contributed by atoms with Gasteiger partial charge < -0.3 is 5.73 Å². The van der Waals surface area contributed by atoms with E-state index in [-0.39, 0.29) is 4.90 Å². The van der Waals surface area contributed by atoms with Crippen molar-refractivity contribution in [1.29, 1.82) is 0 Å². The van der Waals surface area contributed by atoms with Gasteiger partial charge in [0, 0.05) is 31.1 Å². The normalized spacial score (nSPS) is 12.6. The van der Waals surface area contributed by atoms with Crippen LogP contribution in [0.3, 0.4) is 0 Å². The van der Waals surface area contributed by atoms with E-state index in [0.29, 0.717) is 21.6 Å². The second-order valence-electron chi connectivity index (χ2n) is 4.20. The number of aromatic nitrogens is 1. The molecule has 0 aliphatic heterocycles. The predicted molar refractivity (Wildman–Crippen MR) is 80.0 cm³/mol. The second kappa shape index (κ2) is 5.35. The quantitative estimate of drug-likeness (QED) is 0.691. The highest BCUT2D eigenvalue weighted by atomic mass is 35.5. The van der Waals surface area contributed by atoms with Crippen LogP contribution < -0.4 is 5.73 Å². The van der Waals surface area contributed by atoms with Crippen molar-refractivity contribution >= 4 is 44.6 Å². The fourth-order valence-corrected chi connectivity index (χ4v) is 2.86. The van der Waals surface area contributed by atoms with E-state index in [9.17, 15) is 8.42 Å². The predicted octanol–water partition coefficient (Wildman–Crippen LogP) is 1.76. The van der Waals surface area contributed by atoms with Gasteiger partial charge in [-0.2, -0.15) is 0 Å². The molecule has 0 atom stereocenters. The van der Waals surface area contributed by atoms with Crippen molar-refractivity contribution in [3.63, 3.8) is 0 Å². The van der Waals surface area contributed by atoms with Crippen LogP contribution in [0.1, 0.15) is 0 Å². The zero-order chi connectivity index (χ0) is 14.9. The van der Waals surface area contributed by atoms with Crippen LogP contribution in [0.4, 0.5) is 5.82 Å². The van der Waals surface area contributed by atoms with E-state index in [0.717, 1.165) is 10.6 Å². The van der Waals surface area contributed by atoms with Crippen molar-refractivity contribution in [2.75, 3.05) is 14.1 Å². The Morgan fingerprint density at radius 3 is 2.65 bits per heavy atom. The summed E-state index contributed by atoms with van der Waals surface area (Å²) in [5.74, 6) is 0.322. The van der Waals surface area contributed by atoms with Gasteiger partial charge in [-0.3, -0.25) is 0 Å². The van der Waals surface area contributed by atoms with Gasteiger partial charge in [0.25, 0.3) is 0 Å². The van der Waals surface area contributed by atoms with E-state index < -0.39 is 10.0 Å². The van der Waals surface area contributed by atoms with Gasteiger partial charge >= 0.3 is 0 Å². The summed E-state index contributed by atoms with van der Waals surface area (Å²) < 4.78 is 25.4. The minimum Gasteiger partial charge on any atom is -0.390 e. The molecule has 0 aliphatic rings. The van der Waals surface area contributed by atoms with Crippen molar-refractivity contribution in [2.45, 2.75) is 4.90 Å².